The van der Waals surface area contributed by atoms with E-state index in [0.717, 1.165) is 31.2 Å². The lowest BCUT2D eigenvalue weighted by Gasteiger charge is -2.28. The van der Waals surface area contributed by atoms with E-state index >= 15 is 0 Å². The van der Waals surface area contributed by atoms with Crippen molar-refractivity contribution in [2.75, 3.05) is 7.11 Å². The molecule has 0 aliphatic heterocycles. The molecule has 1 fully saturated rings. The summed E-state index contributed by atoms with van der Waals surface area (Å²) in [4.78, 5) is 23.4. The third-order valence-electron chi connectivity index (χ3n) is 4.96. The molecule has 0 bridgehead atoms. The van der Waals surface area contributed by atoms with Gasteiger partial charge in [0.15, 0.2) is 11.5 Å². The minimum Gasteiger partial charge on any atom is -0.504 e. The maximum absolute atomic E-state index is 12.1. The lowest BCUT2D eigenvalue weighted by Crippen LogP contribution is -2.27. The Balaban J connectivity index is 1.80. The van der Waals surface area contributed by atoms with Gasteiger partial charge in [0, 0.05) is 12.8 Å². The van der Waals surface area contributed by atoms with Gasteiger partial charge in [-0.25, -0.2) is 0 Å². The number of ketones is 1. The summed E-state index contributed by atoms with van der Waals surface area (Å²) in [5.41, 5.74) is 0.944. The molecular weight excluding hydrogens is 308 g/mol. The normalized spacial score (nSPS) is 20.5. The quantitative estimate of drug-likeness (QED) is 0.759. The molecule has 2 atom stereocenters. The minimum atomic E-state index is -0.719. The fraction of sp³-hybridized carbons (Fsp3) is 0.579. The fourth-order valence-corrected chi connectivity index (χ4v) is 3.51. The average Bonchev–Trinajstić information content (AvgIpc) is 2.59. The first-order valence-corrected chi connectivity index (χ1v) is 8.61. The van der Waals surface area contributed by atoms with Gasteiger partial charge in [-0.2, -0.15) is 0 Å². The van der Waals surface area contributed by atoms with E-state index in [9.17, 15) is 19.8 Å². The van der Waals surface area contributed by atoms with Crippen molar-refractivity contribution in [1.82, 2.24) is 0 Å². The second-order valence-corrected chi connectivity index (χ2v) is 6.57. The second kappa shape index (κ2) is 8.71. The van der Waals surface area contributed by atoms with Crippen molar-refractivity contribution >= 4 is 11.8 Å². The second-order valence-electron chi connectivity index (χ2n) is 6.57. The van der Waals surface area contributed by atoms with Gasteiger partial charge in [0.05, 0.1) is 13.0 Å². The van der Waals surface area contributed by atoms with Gasteiger partial charge in [0.1, 0.15) is 5.78 Å². The Morgan fingerprint density at radius 3 is 2.67 bits per heavy atom. The Morgan fingerprint density at radius 1 is 1.21 bits per heavy atom. The van der Waals surface area contributed by atoms with Gasteiger partial charge >= 0.3 is 5.97 Å². The highest BCUT2D eigenvalue weighted by molar-refractivity contribution is 5.78. The molecule has 2 rings (SSSR count). The summed E-state index contributed by atoms with van der Waals surface area (Å²) in [7, 11) is 1.49. The number of aromatic hydroxyl groups is 1. The van der Waals surface area contributed by atoms with Gasteiger partial charge in [-0.05, 0) is 49.3 Å². The average molecular weight is 334 g/mol. The molecule has 24 heavy (non-hydrogen) atoms. The number of carbonyl (C=O) groups is 2. The first-order chi connectivity index (χ1) is 11.5. The molecule has 1 saturated carbocycles. The van der Waals surface area contributed by atoms with Crippen LogP contribution in [0.3, 0.4) is 0 Å². The summed E-state index contributed by atoms with van der Waals surface area (Å²) in [5, 5.41) is 18.9. The van der Waals surface area contributed by atoms with Gasteiger partial charge in [-0.15, -0.1) is 0 Å². The van der Waals surface area contributed by atoms with Crippen molar-refractivity contribution in [3.8, 4) is 11.5 Å². The largest absolute Gasteiger partial charge is 0.504 e. The van der Waals surface area contributed by atoms with Crippen LogP contribution in [0.25, 0.3) is 0 Å². The zero-order valence-corrected chi connectivity index (χ0v) is 14.2. The molecule has 2 N–H and O–H groups in total. The third-order valence-corrected chi connectivity index (χ3v) is 4.96. The number of carbonyl (C=O) groups excluding carboxylic acids is 1. The first-order valence-electron chi connectivity index (χ1n) is 8.61. The molecule has 5 heteroatoms. The van der Waals surface area contributed by atoms with E-state index in [1.54, 1.807) is 18.2 Å². The van der Waals surface area contributed by atoms with Crippen molar-refractivity contribution in [3.05, 3.63) is 23.8 Å². The number of hydrogen-bond donors (Lipinski definition) is 2. The van der Waals surface area contributed by atoms with Crippen LogP contribution in [-0.2, 0) is 16.0 Å². The van der Waals surface area contributed by atoms with E-state index < -0.39 is 5.97 Å². The first kappa shape index (κ1) is 18.3. The van der Waals surface area contributed by atoms with Gasteiger partial charge in [0.25, 0.3) is 0 Å². The number of benzene rings is 1. The van der Waals surface area contributed by atoms with Gasteiger partial charge in [-0.1, -0.05) is 18.9 Å². The Bertz CT molecular complexity index is 581. The Labute approximate surface area is 142 Å². The maximum atomic E-state index is 12.1. The van der Waals surface area contributed by atoms with Crippen molar-refractivity contribution in [2.24, 2.45) is 11.8 Å². The highest BCUT2D eigenvalue weighted by atomic mass is 16.5. The van der Waals surface area contributed by atoms with E-state index in [0.29, 0.717) is 31.4 Å². The molecule has 0 radical (unpaired) electrons. The van der Waals surface area contributed by atoms with Crippen LogP contribution in [0.5, 0.6) is 11.5 Å². The number of aryl methyl sites for hydroxylation is 1. The van der Waals surface area contributed by atoms with Crippen LogP contribution in [0, 0.1) is 11.8 Å². The van der Waals surface area contributed by atoms with Gasteiger partial charge < -0.3 is 14.9 Å². The molecule has 0 amide bonds. The Kier molecular flexibility index (Phi) is 6.64. The molecule has 1 aliphatic rings. The predicted octanol–water partition coefficient (Wildman–Crippen LogP) is 3.57. The van der Waals surface area contributed by atoms with Crippen LogP contribution in [0.4, 0.5) is 0 Å². The maximum Gasteiger partial charge on any atom is 0.306 e. The number of methoxy groups -OCH3 is 1. The summed E-state index contributed by atoms with van der Waals surface area (Å²) in [6.07, 6.45) is 5.85. The van der Waals surface area contributed by atoms with Crippen LogP contribution < -0.4 is 4.74 Å². The summed E-state index contributed by atoms with van der Waals surface area (Å²) < 4.78 is 5.06. The third kappa shape index (κ3) is 4.98. The summed E-state index contributed by atoms with van der Waals surface area (Å²) in [5.74, 6) is -0.210. The van der Waals surface area contributed by atoms with Crippen LogP contribution in [0.2, 0.25) is 0 Å². The Morgan fingerprint density at radius 2 is 1.96 bits per heavy atom. The highest BCUT2D eigenvalue weighted by Crippen LogP contribution is 2.33. The summed E-state index contributed by atoms with van der Waals surface area (Å²) >= 11 is 0. The molecule has 1 aromatic rings. The molecular formula is C19H26O5. The monoisotopic (exact) mass is 334 g/mol. The number of rotatable bonds is 8. The lowest BCUT2D eigenvalue weighted by molar-refractivity contribution is -0.145. The van der Waals surface area contributed by atoms with E-state index in [1.807, 2.05) is 0 Å². The van der Waals surface area contributed by atoms with Crippen molar-refractivity contribution < 1.29 is 24.5 Å². The van der Waals surface area contributed by atoms with Gasteiger partial charge in [-0.3, -0.25) is 9.59 Å². The number of phenols is 1. The van der Waals surface area contributed by atoms with Crippen molar-refractivity contribution in [1.29, 1.82) is 0 Å². The van der Waals surface area contributed by atoms with Crippen LogP contribution in [0.1, 0.15) is 50.5 Å². The summed E-state index contributed by atoms with van der Waals surface area (Å²) in [6, 6.07) is 5.09. The van der Waals surface area contributed by atoms with Crippen LogP contribution >= 0.6 is 0 Å². The van der Waals surface area contributed by atoms with Crippen molar-refractivity contribution in [2.45, 2.75) is 51.4 Å². The standard InChI is InChI=1S/C19H26O5/c1-24-18-12-13(7-11-17(18)21)6-9-15(20)10-8-14-4-2-3-5-16(14)19(22)23/h7,11-12,14,16,21H,2-6,8-10H2,1H3,(H,22,23). The molecule has 132 valence electrons. The zero-order valence-electron chi connectivity index (χ0n) is 14.2. The molecule has 0 saturated heterocycles. The molecule has 1 aliphatic carbocycles. The minimum absolute atomic E-state index is 0.0876. The van der Waals surface area contributed by atoms with E-state index in [4.69, 9.17) is 4.74 Å². The topological polar surface area (TPSA) is 83.8 Å². The number of carboxylic acids is 1. The molecule has 0 heterocycles. The number of Topliss-reactive ketones (excluding diaryl/α,β-unsaturated/α-hetero) is 1. The van der Waals surface area contributed by atoms with E-state index in [-0.39, 0.29) is 23.4 Å². The molecule has 1 aromatic carbocycles. The summed E-state index contributed by atoms with van der Waals surface area (Å²) in [6.45, 7) is 0. The van der Waals surface area contributed by atoms with E-state index in [1.165, 1.54) is 7.11 Å². The highest BCUT2D eigenvalue weighted by Gasteiger charge is 2.30. The van der Waals surface area contributed by atoms with Gasteiger partial charge in [0.2, 0.25) is 0 Å². The predicted molar refractivity (Wildman–Crippen MR) is 90.3 cm³/mol. The molecule has 2 unspecified atom stereocenters. The lowest BCUT2D eigenvalue weighted by atomic mass is 9.76. The molecule has 0 aromatic heterocycles. The molecule has 0 spiro atoms. The number of aliphatic carboxylic acids is 1. The number of ether oxygens (including phenoxy) is 1. The SMILES string of the molecule is COc1cc(CCC(=O)CCC2CCCCC2C(=O)O)ccc1O. The smallest absolute Gasteiger partial charge is 0.306 e. The molecule has 5 nitrogen and oxygen atoms in total. The van der Waals surface area contributed by atoms with Crippen LogP contribution in [0.15, 0.2) is 18.2 Å². The number of hydrogen-bond acceptors (Lipinski definition) is 4. The van der Waals surface area contributed by atoms with E-state index in [2.05, 4.69) is 0 Å². The zero-order chi connectivity index (χ0) is 17.5. The number of phenolic OH excluding ortho intramolecular Hbond substituents is 1. The van der Waals surface area contributed by atoms with Crippen molar-refractivity contribution in [3.63, 3.8) is 0 Å². The fourth-order valence-electron chi connectivity index (χ4n) is 3.51. The Hall–Kier alpha value is -2.04. The van der Waals surface area contributed by atoms with Crippen LogP contribution in [-0.4, -0.2) is 29.1 Å². The number of carboxylic acid groups (broad SMARTS) is 1.